The molecule has 0 aromatic carbocycles. The van der Waals surface area contributed by atoms with E-state index in [1.807, 2.05) is 33.3 Å². The molecule has 0 bridgehead atoms. The molecule has 4 aromatic rings. The molecule has 37 heavy (non-hydrogen) atoms. The molecular weight excluding hydrogens is 470 g/mol. The van der Waals surface area contributed by atoms with E-state index in [1.54, 1.807) is 28.0 Å². The summed E-state index contributed by atoms with van der Waals surface area (Å²) in [5, 5.41) is 19.0. The van der Waals surface area contributed by atoms with E-state index in [0.29, 0.717) is 40.6 Å². The van der Waals surface area contributed by atoms with Gasteiger partial charge in [0.05, 0.1) is 34.2 Å². The van der Waals surface area contributed by atoms with E-state index in [4.69, 9.17) is 0 Å². The van der Waals surface area contributed by atoms with Crippen LogP contribution in [-0.4, -0.2) is 71.5 Å². The molecule has 4 aromatic heterocycles. The molecule has 0 radical (unpaired) electrons. The van der Waals surface area contributed by atoms with Gasteiger partial charge in [0.15, 0.2) is 11.5 Å². The van der Waals surface area contributed by atoms with Crippen molar-refractivity contribution in [1.82, 2.24) is 44.7 Å². The van der Waals surface area contributed by atoms with Gasteiger partial charge < -0.3 is 20.9 Å². The quantitative estimate of drug-likeness (QED) is 0.333. The zero-order valence-electron chi connectivity index (χ0n) is 21.3. The Morgan fingerprint density at radius 1 is 1.11 bits per heavy atom. The highest BCUT2D eigenvalue weighted by Crippen LogP contribution is 2.52. The molecule has 3 N–H and O–H groups in total. The lowest BCUT2D eigenvalue weighted by molar-refractivity contribution is 0.0949. The number of nitrogens with one attached hydrogen (secondary N) is 3. The Balaban J connectivity index is 1.13. The number of nitrogens with zero attached hydrogens (tertiary/aromatic N) is 8. The van der Waals surface area contributed by atoms with Crippen molar-refractivity contribution in [2.45, 2.75) is 26.2 Å². The summed E-state index contributed by atoms with van der Waals surface area (Å²) >= 11 is 0. The summed E-state index contributed by atoms with van der Waals surface area (Å²) in [6.45, 7) is 5.71. The maximum atomic E-state index is 12.8. The van der Waals surface area contributed by atoms with Gasteiger partial charge in [-0.25, -0.2) is 9.67 Å². The van der Waals surface area contributed by atoms with Crippen molar-refractivity contribution in [3.8, 4) is 0 Å². The number of hydrogen-bond acceptors (Lipinski definition) is 9. The van der Waals surface area contributed by atoms with E-state index >= 15 is 0 Å². The summed E-state index contributed by atoms with van der Waals surface area (Å²) < 4.78 is 3.39. The lowest BCUT2D eigenvalue weighted by Crippen LogP contribution is -2.34. The average molecular weight is 502 g/mol. The summed E-state index contributed by atoms with van der Waals surface area (Å²) in [6.07, 6.45) is 10.9. The summed E-state index contributed by atoms with van der Waals surface area (Å²) in [5.41, 5.74) is 4.04. The van der Waals surface area contributed by atoms with Crippen molar-refractivity contribution in [3.63, 3.8) is 0 Å². The number of carbonyl (C=O) groups excluding carboxylic acids is 1. The van der Waals surface area contributed by atoms with Crippen molar-refractivity contribution in [2.24, 2.45) is 19.5 Å². The Morgan fingerprint density at radius 3 is 2.73 bits per heavy atom. The number of likely N-dealkylation sites (tertiary alicyclic amines) is 1. The molecule has 1 aliphatic heterocycles. The molecule has 5 heterocycles. The Labute approximate surface area is 214 Å². The molecule has 12 heteroatoms. The predicted octanol–water partition coefficient (Wildman–Crippen LogP) is 2.50. The standard InChI is InChI=1S/C25H31N11O/c1-16-20(10-17(11-27-16)23(37)26-7-9-36-8-6-25(15-36)4-5-25)31-21-19-13-28-24(32-22(19)35(3)33-21)30-18-12-29-34(2)14-18/h10-14H,4-9,15H2,1-3H3,(H,26,37)(H,31,33)(H,28,30,32). The number of anilines is 4. The molecule has 2 fully saturated rings. The Morgan fingerprint density at radius 2 is 1.97 bits per heavy atom. The van der Waals surface area contributed by atoms with Crippen LogP contribution in [0.1, 0.15) is 35.3 Å². The van der Waals surface area contributed by atoms with Crippen molar-refractivity contribution in [1.29, 1.82) is 0 Å². The van der Waals surface area contributed by atoms with Crippen LogP contribution < -0.4 is 16.0 Å². The molecule has 6 rings (SSSR count). The van der Waals surface area contributed by atoms with E-state index in [2.05, 4.69) is 46.0 Å². The maximum Gasteiger partial charge on any atom is 0.252 e. The third-order valence-electron chi connectivity index (χ3n) is 7.33. The highest BCUT2D eigenvalue weighted by Gasteiger charge is 2.47. The first kappa shape index (κ1) is 23.3. The number of fused-ring (bicyclic) bond motifs is 1. The zero-order valence-corrected chi connectivity index (χ0v) is 21.3. The van der Waals surface area contributed by atoms with Crippen LogP contribution in [0.5, 0.6) is 0 Å². The van der Waals surface area contributed by atoms with Gasteiger partial charge in [-0.15, -0.1) is 0 Å². The topological polar surface area (TPSA) is 131 Å². The number of carbonyl (C=O) groups is 1. The van der Waals surface area contributed by atoms with Gasteiger partial charge in [0.1, 0.15) is 0 Å². The zero-order chi connectivity index (χ0) is 25.6. The third-order valence-corrected chi connectivity index (χ3v) is 7.33. The summed E-state index contributed by atoms with van der Waals surface area (Å²) in [5.74, 6) is 0.917. The maximum absolute atomic E-state index is 12.8. The number of aromatic nitrogens is 7. The van der Waals surface area contributed by atoms with Gasteiger partial charge in [-0.1, -0.05) is 0 Å². The fraction of sp³-hybridized carbons (Fsp3) is 0.440. The molecule has 2 aliphatic rings. The predicted molar refractivity (Wildman–Crippen MR) is 140 cm³/mol. The van der Waals surface area contributed by atoms with Gasteiger partial charge in [-0.3, -0.25) is 14.5 Å². The fourth-order valence-electron chi connectivity index (χ4n) is 4.95. The molecule has 1 amide bonds. The summed E-state index contributed by atoms with van der Waals surface area (Å²) in [7, 11) is 3.68. The molecule has 0 unspecified atom stereocenters. The molecule has 1 aliphatic carbocycles. The van der Waals surface area contributed by atoms with Crippen LogP contribution in [0.2, 0.25) is 0 Å². The monoisotopic (exact) mass is 501 g/mol. The summed E-state index contributed by atoms with van der Waals surface area (Å²) in [6, 6.07) is 1.81. The van der Waals surface area contributed by atoms with Gasteiger partial charge in [-0.2, -0.15) is 15.2 Å². The number of hydrogen-bond donors (Lipinski definition) is 3. The highest BCUT2D eigenvalue weighted by molar-refractivity contribution is 5.96. The van der Waals surface area contributed by atoms with Gasteiger partial charge >= 0.3 is 0 Å². The second-order valence-corrected chi connectivity index (χ2v) is 10.2. The fourth-order valence-corrected chi connectivity index (χ4v) is 4.95. The second kappa shape index (κ2) is 9.11. The van der Waals surface area contributed by atoms with Gasteiger partial charge in [0.2, 0.25) is 5.95 Å². The molecule has 192 valence electrons. The van der Waals surface area contributed by atoms with Crippen molar-refractivity contribution in [3.05, 3.63) is 42.1 Å². The molecule has 1 spiro atoms. The Kier molecular flexibility index (Phi) is 5.75. The largest absolute Gasteiger partial charge is 0.351 e. The van der Waals surface area contributed by atoms with Crippen LogP contribution in [0.15, 0.2) is 30.9 Å². The molecule has 12 nitrogen and oxygen atoms in total. The number of amides is 1. The van der Waals surface area contributed by atoms with Crippen LogP contribution in [-0.2, 0) is 14.1 Å². The first-order chi connectivity index (χ1) is 17.9. The Bertz CT molecular complexity index is 1470. The second-order valence-electron chi connectivity index (χ2n) is 10.2. The normalized spacial score (nSPS) is 16.4. The first-order valence-electron chi connectivity index (χ1n) is 12.6. The third kappa shape index (κ3) is 4.84. The van der Waals surface area contributed by atoms with Crippen LogP contribution in [0.4, 0.5) is 23.1 Å². The number of aryl methyl sites for hydroxylation is 3. The van der Waals surface area contributed by atoms with Gasteiger partial charge in [0, 0.05) is 52.3 Å². The van der Waals surface area contributed by atoms with Gasteiger partial charge in [0.25, 0.3) is 5.91 Å². The lowest BCUT2D eigenvalue weighted by atomic mass is 10.1. The van der Waals surface area contributed by atoms with Crippen LogP contribution in [0, 0.1) is 12.3 Å². The SMILES string of the molecule is Cc1ncc(C(=O)NCCN2CCC3(CC3)C2)cc1Nc1nn(C)c2nc(Nc3cnn(C)c3)ncc12. The van der Waals surface area contributed by atoms with E-state index in [1.165, 1.54) is 25.8 Å². The van der Waals surface area contributed by atoms with Crippen LogP contribution >= 0.6 is 0 Å². The van der Waals surface area contributed by atoms with E-state index in [0.717, 1.165) is 29.9 Å². The molecular formula is C25H31N11O. The van der Waals surface area contributed by atoms with E-state index < -0.39 is 0 Å². The average Bonchev–Trinajstić information content (AvgIpc) is 3.15. The van der Waals surface area contributed by atoms with Crippen LogP contribution in [0.25, 0.3) is 11.0 Å². The first-order valence-corrected chi connectivity index (χ1v) is 12.6. The molecule has 1 saturated carbocycles. The highest BCUT2D eigenvalue weighted by atomic mass is 16.1. The van der Waals surface area contributed by atoms with Crippen molar-refractivity contribution < 1.29 is 4.79 Å². The van der Waals surface area contributed by atoms with E-state index in [-0.39, 0.29) is 5.91 Å². The van der Waals surface area contributed by atoms with E-state index in [9.17, 15) is 4.79 Å². The van der Waals surface area contributed by atoms with Crippen molar-refractivity contribution >= 4 is 40.1 Å². The number of rotatable bonds is 8. The minimum atomic E-state index is -0.129. The Hall–Kier alpha value is -4.06. The number of pyridine rings is 1. The minimum absolute atomic E-state index is 0.129. The minimum Gasteiger partial charge on any atom is -0.351 e. The lowest BCUT2D eigenvalue weighted by Gasteiger charge is -2.16. The molecule has 0 atom stereocenters. The molecule has 1 saturated heterocycles. The van der Waals surface area contributed by atoms with Gasteiger partial charge in [-0.05, 0) is 44.2 Å². The summed E-state index contributed by atoms with van der Waals surface area (Å²) in [4.78, 5) is 28.8. The smallest absolute Gasteiger partial charge is 0.252 e. The van der Waals surface area contributed by atoms with Crippen LogP contribution in [0.3, 0.4) is 0 Å². The van der Waals surface area contributed by atoms with Crippen molar-refractivity contribution in [2.75, 3.05) is 36.8 Å².